The van der Waals surface area contributed by atoms with Gasteiger partial charge in [-0.25, -0.2) is 4.98 Å². The van der Waals surface area contributed by atoms with Crippen molar-refractivity contribution in [3.63, 3.8) is 0 Å². The number of imidazole rings is 1. The van der Waals surface area contributed by atoms with Crippen molar-refractivity contribution in [1.82, 2.24) is 19.8 Å². The molecule has 1 amide bonds. The first-order chi connectivity index (χ1) is 8.75. The quantitative estimate of drug-likeness (QED) is 0.830. The summed E-state index contributed by atoms with van der Waals surface area (Å²) in [6, 6.07) is 0.382. The summed E-state index contributed by atoms with van der Waals surface area (Å²) in [5.41, 5.74) is 0. The largest absolute Gasteiger partial charge is 0.340 e. The van der Waals surface area contributed by atoms with Gasteiger partial charge in [-0.2, -0.15) is 0 Å². The van der Waals surface area contributed by atoms with E-state index in [0.29, 0.717) is 11.9 Å². The summed E-state index contributed by atoms with van der Waals surface area (Å²) >= 11 is 0. The number of hydrogen-bond acceptors (Lipinski definition) is 3. The molecular formula is C13H20N4O. The van der Waals surface area contributed by atoms with Gasteiger partial charge in [-0.15, -0.1) is 0 Å². The fraction of sp³-hybridized carbons (Fsp3) is 0.692. The molecule has 1 aromatic heterocycles. The van der Waals surface area contributed by atoms with Crippen LogP contribution in [0.1, 0.15) is 18.7 Å². The minimum atomic E-state index is 0.222. The third-order valence-corrected chi connectivity index (χ3v) is 4.16. The van der Waals surface area contributed by atoms with Gasteiger partial charge in [0, 0.05) is 45.0 Å². The number of fused-ring (bicyclic) bond motifs is 1. The molecule has 2 fully saturated rings. The molecule has 2 aliphatic heterocycles. The Labute approximate surface area is 107 Å². The predicted molar refractivity (Wildman–Crippen MR) is 68.0 cm³/mol. The number of hydrogen-bond donors (Lipinski definition) is 1. The molecule has 0 aliphatic carbocycles. The normalized spacial score (nSPS) is 27.6. The van der Waals surface area contributed by atoms with Crippen molar-refractivity contribution in [3.8, 4) is 0 Å². The average Bonchev–Trinajstić information content (AvgIpc) is 2.92. The molecule has 2 aliphatic rings. The Hall–Kier alpha value is -1.36. The summed E-state index contributed by atoms with van der Waals surface area (Å²) in [4.78, 5) is 18.5. The van der Waals surface area contributed by atoms with Crippen LogP contribution >= 0.6 is 0 Å². The smallest absolute Gasteiger partial charge is 0.227 e. The minimum Gasteiger partial charge on any atom is -0.340 e. The number of carbonyl (C=O) groups excluding carboxylic acids is 1. The van der Waals surface area contributed by atoms with Gasteiger partial charge in [0.05, 0.1) is 5.92 Å². The maximum atomic E-state index is 12.2. The van der Waals surface area contributed by atoms with Crippen molar-refractivity contribution >= 4 is 5.91 Å². The summed E-state index contributed by atoms with van der Waals surface area (Å²) in [6.07, 6.45) is 6.77. The van der Waals surface area contributed by atoms with Gasteiger partial charge in [0.15, 0.2) is 0 Å². The Bertz CT molecular complexity index is 442. The third-order valence-electron chi connectivity index (χ3n) is 4.16. The number of amides is 1. The van der Waals surface area contributed by atoms with Gasteiger partial charge in [0.25, 0.3) is 0 Å². The van der Waals surface area contributed by atoms with Crippen molar-refractivity contribution in [1.29, 1.82) is 0 Å². The highest BCUT2D eigenvalue weighted by Gasteiger charge is 2.40. The summed E-state index contributed by atoms with van der Waals surface area (Å²) in [7, 11) is 2.00. The predicted octanol–water partition coefficient (Wildman–Crippen LogP) is 0.173. The number of piperidine rings is 1. The number of rotatable bonds is 3. The summed E-state index contributed by atoms with van der Waals surface area (Å²) in [6.45, 7) is 2.72. The highest BCUT2D eigenvalue weighted by molar-refractivity contribution is 5.82. The number of nitrogens with zero attached hydrogens (tertiary/aromatic N) is 3. The Morgan fingerprint density at radius 2 is 2.44 bits per heavy atom. The Kier molecular flexibility index (Phi) is 3.07. The molecule has 5 nitrogen and oxygen atoms in total. The van der Waals surface area contributed by atoms with E-state index in [2.05, 4.69) is 10.3 Å². The lowest BCUT2D eigenvalue weighted by Crippen LogP contribution is -2.41. The first-order valence-electron chi connectivity index (χ1n) is 6.74. The Morgan fingerprint density at radius 1 is 1.56 bits per heavy atom. The van der Waals surface area contributed by atoms with Crippen LogP contribution in [0.5, 0.6) is 0 Å². The standard InChI is InChI=1S/C13H20N4O/c1-16-8-6-15-12(16)4-7-17-9-11-10(13(17)18)3-2-5-14-11/h6,8,10-11,14H,2-5,7,9H2,1H3. The van der Waals surface area contributed by atoms with Gasteiger partial charge in [-0.1, -0.05) is 0 Å². The molecule has 98 valence electrons. The van der Waals surface area contributed by atoms with Gasteiger partial charge in [-0.3, -0.25) is 4.79 Å². The SMILES string of the molecule is Cn1ccnc1CCN1CC2NCCCC2C1=O. The number of aromatic nitrogens is 2. The van der Waals surface area contributed by atoms with Crippen LogP contribution in [0.4, 0.5) is 0 Å². The van der Waals surface area contributed by atoms with E-state index in [1.807, 2.05) is 28.9 Å². The van der Waals surface area contributed by atoms with E-state index in [1.165, 1.54) is 0 Å². The second kappa shape index (κ2) is 4.72. The van der Waals surface area contributed by atoms with E-state index in [0.717, 1.165) is 44.7 Å². The molecule has 3 rings (SSSR count). The maximum absolute atomic E-state index is 12.2. The lowest BCUT2D eigenvalue weighted by Gasteiger charge is -2.23. The monoisotopic (exact) mass is 248 g/mol. The van der Waals surface area contributed by atoms with Gasteiger partial charge in [-0.05, 0) is 19.4 Å². The fourth-order valence-corrected chi connectivity index (χ4v) is 3.08. The van der Waals surface area contributed by atoms with Crippen LogP contribution in [0.3, 0.4) is 0 Å². The molecule has 18 heavy (non-hydrogen) atoms. The van der Waals surface area contributed by atoms with E-state index in [4.69, 9.17) is 0 Å². The van der Waals surface area contributed by atoms with Crippen molar-refractivity contribution in [2.75, 3.05) is 19.6 Å². The van der Waals surface area contributed by atoms with Crippen LogP contribution in [0.2, 0.25) is 0 Å². The lowest BCUT2D eigenvalue weighted by molar-refractivity contribution is -0.131. The van der Waals surface area contributed by atoms with Crippen LogP contribution in [0, 0.1) is 5.92 Å². The number of aryl methyl sites for hydroxylation is 1. The number of nitrogens with one attached hydrogen (secondary N) is 1. The van der Waals surface area contributed by atoms with Crippen molar-refractivity contribution in [2.24, 2.45) is 13.0 Å². The molecule has 3 heterocycles. The average molecular weight is 248 g/mol. The van der Waals surface area contributed by atoms with Gasteiger partial charge in [0.1, 0.15) is 5.82 Å². The van der Waals surface area contributed by atoms with Crippen LogP contribution in [0.15, 0.2) is 12.4 Å². The van der Waals surface area contributed by atoms with Crippen LogP contribution < -0.4 is 5.32 Å². The van der Waals surface area contributed by atoms with Crippen molar-refractivity contribution in [3.05, 3.63) is 18.2 Å². The molecule has 0 radical (unpaired) electrons. The summed E-state index contributed by atoms with van der Waals surface area (Å²) in [5, 5.41) is 3.46. The van der Waals surface area contributed by atoms with Crippen LogP contribution in [-0.2, 0) is 18.3 Å². The molecule has 2 unspecified atom stereocenters. The zero-order chi connectivity index (χ0) is 12.5. The molecule has 1 N–H and O–H groups in total. The van der Waals surface area contributed by atoms with E-state index in [9.17, 15) is 4.79 Å². The number of carbonyl (C=O) groups is 1. The maximum Gasteiger partial charge on any atom is 0.227 e. The second-order valence-corrected chi connectivity index (χ2v) is 5.30. The van der Waals surface area contributed by atoms with E-state index in [-0.39, 0.29) is 5.92 Å². The highest BCUT2D eigenvalue weighted by Crippen LogP contribution is 2.26. The molecule has 5 heteroatoms. The molecule has 0 aromatic carbocycles. The molecule has 1 aromatic rings. The van der Waals surface area contributed by atoms with Crippen molar-refractivity contribution in [2.45, 2.75) is 25.3 Å². The Morgan fingerprint density at radius 3 is 3.17 bits per heavy atom. The molecule has 0 saturated carbocycles. The first-order valence-corrected chi connectivity index (χ1v) is 6.74. The van der Waals surface area contributed by atoms with E-state index in [1.54, 1.807) is 0 Å². The highest BCUT2D eigenvalue weighted by atomic mass is 16.2. The summed E-state index contributed by atoms with van der Waals surface area (Å²) < 4.78 is 2.02. The third kappa shape index (κ3) is 2.03. The van der Waals surface area contributed by atoms with E-state index < -0.39 is 0 Å². The minimum absolute atomic E-state index is 0.222. The molecular weight excluding hydrogens is 228 g/mol. The zero-order valence-corrected chi connectivity index (χ0v) is 10.8. The number of likely N-dealkylation sites (tertiary alicyclic amines) is 1. The van der Waals surface area contributed by atoms with Crippen molar-refractivity contribution < 1.29 is 4.79 Å². The Balaban J connectivity index is 1.60. The van der Waals surface area contributed by atoms with E-state index >= 15 is 0 Å². The summed E-state index contributed by atoms with van der Waals surface area (Å²) in [5.74, 6) is 1.60. The lowest BCUT2D eigenvalue weighted by atomic mass is 9.94. The molecule has 0 bridgehead atoms. The fourth-order valence-electron chi connectivity index (χ4n) is 3.08. The molecule has 0 spiro atoms. The molecule has 2 atom stereocenters. The van der Waals surface area contributed by atoms with Crippen LogP contribution in [0.25, 0.3) is 0 Å². The van der Waals surface area contributed by atoms with Gasteiger partial charge < -0.3 is 14.8 Å². The molecule has 2 saturated heterocycles. The second-order valence-electron chi connectivity index (χ2n) is 5.30. The zero-order valence-electron chi connectivity index (χ0n) is 10.8. The van der Waals surface area contributed by atoms with Crippen LogP contribution in [-0.4, -0.2) is 46.0 Å². The first kappa shape index (κ1) is 11.7. The topological polar surface area (TPSA) is 50.2 Å². The van der Waals surface area contributed by atoms with Gasteiger partial charge >= 0.3 is 0 Å². The van der Waals surface area contributed by atoms with Gasteiger partial charge in [0.2, 0.25) is 5.91 Å².